The zero-order valence-corrected chi connectivity index (χ0v) is 16.1. The minimum absolute atomic E-state index is 0.00980. The molecule has 4 nitrogen and oxygen atoms in total. The van der Waals surface area contributed by atoms with Gasteiger partial charge in [0.1, 0.15) is 6.04 Å². The molecule has 5 heteroatoms. The highest BCUT2D eigenvalue weighted by atomic mass is 35.5. The molecule has 0 aliphatic rings. The Kier molecular flexibility index (Phi) is 7.22. The van der Waals surface area contributed by atoms with E-state index in [1.165, 1.54) is 0 Å². The van der Waals surface area contributed by atoms with Gasteiger partial charge in [-0.05, 0) is 30.5 Å². The van der Waals surface area contributed by atoms with Crippen molar-refractivity contribution in [1.82, 2.24) is 10.6 Å². The SMILES string of the molecule is CCC(C)C(NC(=O)c1ccccc1Cl)C(=O)NC(C)c1ccccc1. The number of halogens is 1. The van der Waals surface area contributed by atoms with Crippen LogP contribution in [-0.2, 0) is 4.79 Å². The standard InChI is InChI=1S/C21H25ClN2O2/c1-4-14(2)19(24-20(25)17-12-8-9-13-18(17)22)21(26)23-15(3)16-10-6-5-7-11-16/h5-15,19H,4H2,1-3H3,(H,23,26)(H,24,25). The van der Waals surface area contributed by atoms with E-state index in [2.05, 4.69) is 10.6 Å². The molecule has 2 N–H and O–H groups in total. The average Bonchev–Trinajstić information content (AvgIpc) is 2.66. The Balaban J connectivity index is 2.12. The van der Waals surface area contributed by atoms with Crippen molar-refractivity contribution < 1.29 is 9.59 Å². The third kappa shape index (κ3) is 5.09. The summed E-state index contributed by atoms with van der Waals surface area (Å²) in [5.41, 5.74) is 1.38. The molecule has 0 aromatic heterocycles. The minimum atomic E-state index is -0.630. The Morgan fingerprint density at radius 3 is 2.19 bits per heavy atom. The smallest absolute Gasteiger partial charge is 0.253 e. The van der Waals surface area contributed by atoms with E-state index in [-0.39, 0.29) is 23.8 Å². The second kappa shape index (κ2) is 9.39. The van der Waals surface area contributed by atoms with Crippen LogP contribution in [0.1, 0.15) is 49.2 Å². The topological polar surface area (TPSA) is 58.2 Å². The molecular weight excluding hydrogens is 348 g/mol. The number of carbonyl (C=O) groups is 2. The normalized spacial score (nSPS) is 14.2. The lowest BCUT2D eigenvalue weighted by Crippen LogP contribution is -2.50. The Labute approximate surface area is 159 Å². The van der Waals surface area contributed by atoms with E-state index in [1.807, 2.05) is 51.1 Å². The Morgan fingerprint density at radius 1 is 0.962 bits per heavy atom. The third-order valence-corrected chi connectivity index (χ3v) is 4.89. The molecule has 2 rings (SSSR count). The Bertz CT molecular complexity index is 749. The van der Waals surface area contributed by atoms with Gasteiger partial charge in [0.2, 0.25) is 5.91 Å². The first-order valence-electron chi connectivity index (χ1n) is 8.84. The van der Waals surface area contributed by atoms with Crippen LogP contribution in [0, 0.1) is 5.92 Å². The highest BCUT2D eigenvalue weighted by Gasteiger charge is 2.28. The van der Waals surface area contributed by atoms with Crippen molar-refractivity contribution in [2.75, 3.05) is 0 Å². The Hall–Kier alpha value is -2.33. The van der Waals surface area contributed by atoms with Crippen LogP contribution in [0.15, 0.2) is 54.6 Å². The molecule has 0 aliphatic carbocycles. The fourth-order valence-corrected chi connectivity index (χ4v) is 2.92. The summed E-state index contributed by atoms with van der Waals surface area (Å²) < 4.78 is 0. The van der Waals surface area contributed by atoms with E-state index < -0.39 is 6.04 Å². The van der Waals surface area contributed by atoms with Gasteiger partial charge in [-0.15, -0.1) is 0 Å². The van der Waals surface area contributed by atoms with Crippen LogP contribution in [0.4, 0.5) is 0 Å². The third-order valence-electron chi connectivity index (χ3n) is 4.56. The quantitative estimate of drug-likeness (QED) is 0.758. The fraction of sp³-hybridized carbons (Fsp3) is 0.333. The van der Waals surface area contributed by atoms with E-state index in [4.69, 9.17) is 11.6 Å². The van der Waals surface area contributed by atoms with Crippen LogP contribution in [-0.4, -0.2) is 17.9 Å². The van der Waals surface area contributed by atoms with Crippen molar-refractivity contribution in [2.24, 2.45) is 5.92 Å². The molecule has 0 saturated heterocycles. The van der Waals surface area contributed by atoms with Gasteiger partial charge in [0.15, 0.2) is 0 Å². The van der Waals surface area contributed by atoms with Gasteiger partial charge in [-0.2, -0.15) is 0 Å². The minimum Gasteiger partial charge on any atom is -0.348 e. The second-order valence-corrected chi connectivity index (χ2v) is 6.86. The van der Waals surface area contributed by atoms with Crippen molar-refractivity contribution in [3.05, 3.63) is 70.7 Å². The predicted octanol–water partition coefficient (Wildman–Crippen LogP) is 4.36. The lowest BCUT2D eigenvalue weighted by atomic mass is 9.97. The van der Waals surface area contributed by atoms with Crippen molar-refractivity contribution >= 4 is 23.4 Å². The van der Waals surface area contributed by atoms with E-state index in [9.17, 15) is 9.59 Å². The molecule has 2 aromatic rings. The van der Waals surface area contributed by atoms with Gasteiger partial charge in [0, 0.05) is 0 Å². The fourth-order valence-electron chi connectivity index (χ4n) is 2.69. The number of hydrogen-bond acceptors (Lipinski definition) is 2. The highest BCUT2D eigenvalue weighted by molar-refractivity contribution is 6.33. The van der Waals surface area contributed by atoms with Crippen molar-refractivity contribution in [1.29, 1.82) is 0 Å². The zero-order valence-electron chi connectivity index (χ0n) is 15.3. The lowest BCUT2D eigenvalue weighted by Gasteiger charge is -2.26. The van der Waals surface area contributed by atoms with Crippen LogP contribution in [0.2, 0.25) is 5.02 Å². The molecule has 26 heavy (non-hydrogen) atoms. The molecule has 3 atom stereocenters. The molecule has 0 bridgehead atoms. The second-order valence-electron chi connectivity index (χ2n) is 6.46. The van der Waals surface area contributed by atoms with E-state index in [0.717, 1.165) is 12.0 Å². The van der Waals surface area contributed by atoms with Crippen molar-refractivity contribution in [2.45, 2.75) is 39.3 Å². The van der Waals surface area contributed by atoms with Crippen molar-refractivity contribution in [3.8, 4) is 0 Å². The van der Waals surface area contributed by atoms with E-state index >= 15 is 0 Å². The molecule has 0 saturated carbocycles. The summed E-state index contributed by atoms with van der Waals surface area (Å²) in [6.45, 7) is 5.87. The molecule has 138 valence electrons. The number of nitrogens with one attached hydrogen (secondary N) is 2. The molecule has 0 aliphatic heterocycles. The van der Waals surface area contributed by atoms with Gasteiger partial charge in [-0.3, -0.25) is 9.59 Å². The molecule has 0 spiro atoms. The molecule has 0 fully saturated rings. The lowest BCUT2D eigenvalue weighted by molar-refractivity contribution is -0.124. The van der Waals surface area contributed by atoms with Crippen LogP contribution in [0.5, 0.6) is 0 Å². The van der Waals surface area contributed by atoms with Gasteiger partial charge >= 0.3 is 0 Å². The summed E-state index contributed by atoms with van der Waals surface area (Å²) in [5.74, 6) is -0.552. The van der Waals surface area contributed by atoms with E-state index in [1.54, 1.807) is 24.3 Å². The largest absolute Gasteiger partial charge is 0.348 e. The van der Waals surface area contributed by atoms with Gasteiger partial charge in [-0.1, -0.05) is 74.3 Å². The van der Waals surface area contributed by atoms with Gasteiger partial charge in [-0.25, -0.2) is 0 Å². The molecule has 2 amide bonds. The first-order valence-corrected chi connectivity index (χ1v) is 9.22. The van der Waals surface area contributed by atoms with Gasteiger partial charge < -0.3 is 10.6 Å². The predicted molar refractivity (Wildman–Crippen MR) is 105 cm³/mol. The molecular formula is C21H25ClN2O2. The maximum absolute atomic E-state index is 12.8. The van der Waals surface area contributed by atoms with E-state index in [0.29, 0.717) is 10.6 Å². The van der Waals surface area contributed by atoms with Crippen LogP contribution >= 0.6 is 11.6 Å². The van der Waals surface area contributed by atoms with Gasteiger partial charge in [0.25, 0.3) is 5.91 Å². The maximum atomic E-state index is 12.8. The number of benzene rings is 2. The van der Waals surface area contributed by atoms with Crippen LogP contribution in [0.3, 0.4) is 0 Å². The summed E-state index contributed by atoms with van der Waals surface area (Å²) in [6, 6.07) is 15.8. The number of carbonyl (C=O) groups excluding carboxylic acids is 2. The van der Waals surface area contributed by atoms with Crippen molar-refractivity contribution in [3.63, 3.8) is 0 Å². The summed E-state index contributed by atoms with van der Waals surface area (Å²) in [4.78, 5) is 25.4. The van der Waals surface area contributed by atoms with Crippen LogP contribution in [0.25, 0.3) is 0 Å². The number of hydrogen-bond donors (Lipinski definition) is 2. The highest BCUT2D eigenvalue weighted by Crippen LogP contribution is 2.17. The van der Waals surface area contributed by atoms with Crippen LogP contribution < -0.4 is 10.6 Å². The number of rotatable bonds is 7. The summed E-state index contributed by atoms with van der Waals surface area (Å²) in [5, 5.41) is 6.21. The summed E-state index contributed by atoms with van der Waals surface area (Å²) in [6.07, 6.45) is 0.764. The molecule has 0 radical (unpaired) electrons. The zero-order chi connectivity index (χ0) is 19.1. The van der Waals surface area contributed by atoms with Gasteiger partial charge in [0.05, 0.1) is 16.6 Å². The molecule has 2 aromatic carbocycles. The monoisotopic (exact) mass is 372 g/mol. The Morgan fingerprint density at radius 2 is 1.58 bits per heavy atom. The summed E-state index contributed by atoms with van der Waals surface area (Å²) >= 11 is 6.10. The first-order chi connectivity index (χ1) is 12.4. The molecule has 3 unspecified atom stereocenters. The maximum Gasteiger partial charge on any atom is 0.253 e. The molecule has 0 heterocycles. The average molecular weight is 373 g/mol. The number of amides is 2. The first kappa shape index (κ1) is 20.0. The summed E-state index contributed by atoms with van der Waals surface area (Å²) in [7, 11) is 0.